The minimum absolute atomic E-state index is 0.849. The van der Waals surface area contributed by atoms with Crippen LogP contribution >= 0.6 is 0 Å². The highest BCUT2D eigenvalue weighted by molar-refractivity contribution is 6.16. The first-order valence-corrected chi connectivity index (χ1v) is 18.0. The molecule has 2 aromatic heterocycles. The summed E-state index contributed by atoms with van der Waals surface area (Å²) < 4.78 is 13.1. The average molecular weight is 678 g/mol. The normalized spacial score (nSPS) is 11.8. The number of rotatable bonds is 5. The van der Waals surface area contributed by atoms with Gasteiger partial charge in [-0.2, -0.15) is 0 Å². The zero-order valence-corrected chi connectivity index (χ0v) is 28.7. The molecule has 0 amide bonds. The van der Waals surface area contributed by atoms with E-state index in [9.17, 15) is 0 Å². The van der Waals surface area contributed by atoms with E-state index in [2.05, 4.69) is 169 Å². The molecule has 53 heavy (non-hydrogen) atoms. The van der Waals surface area contributed by atoms with Crippen molar-refractivity contribution in [2.24, 2.45) is 0 Å². The van der Waals surface area contributed by atoms with E-state index in [4.69, 9.17) is 8.83 Å². The molecule has 11 rings (SSSR count). The summed E-state index contributed by atoms with van der Waals surface area (Å²) in [5.74, 6) is 0. The number of fused-ring (bicyclic) bond motifs is 9. The molecule has 2 heterocycles. The van der Waals surface area contributed by atoms with Crippen LogP contribution in [-0.2, 0) is 0 Å². The largest absolute Gasteiger partial charge is 0.456 e. The van der Waals surface area contributed by atoms with Crippen LogP contribution in [-0.4, -0.2) is 0 Å². The molecule has 0 saturated carbocycles. The second kappa shape index (κ2) is 11.7. The fraction of sp³-hybridized carbons (Fsp3) is 0. The summed E-state index contributed by atoms with van der Waals surface area (Å²) in [5, 5.41) is 9.34. The van der Waals surface area contributed by atoms with E-state index < -0.39 is 0 Å². The van der Waals surface area contributed by atoms with Crippen LogP contribution in [0.25, 0.3) is 87.7 Å². The number of hydrogen-bond acceptors (Lipinski definition) is 3. The van der Waals surface area contributed by atoms with E-state index >= 15 is 0 Å². The van der Waals surface area contributed by atoms with Crippen LogP contribution in [0.2, 0.25) is 0 Å². The monoisotopic (exact) mass is 677 g/mol. The highest BCUT2D eigenvalue weighted by Crippen LogP contribution is 2.48. The summed E-state index contributed by atoms with van der Waals surface area (Å²) in [5.41, 5.74) is 11.1. The fourth-order valence-corrected chi connectivity index (χ4v) is 8.31. The predicted octanol–water partition coefficient (Wildman–Crippen LogP) is 14.6. The van der Waals surface area contributed by atoms with Crippen molar-refractivity contribution in [3.63, 3.8) is 0 Å². The topological polar surface area (TPSA) is 29.5 Å². The molecule has 0 unspecified atom stereocenters. The smallest absolute Gasteiger partial charge is 0.143 e. The van der Waals surface area contributed by atoms with Crippen LogP contribution < -0.4 is 4.90 Å². The van der Waals surface area contributed by atoms with Gasteiger partial charge in [-0.1, -0.05) is 140 Å². The summed E-state index contributed by atoms with van der Waals surface area (Å²) in [4.78, 5) is 2.40. The Bertz CT molecular complexity index is 3200. The van der Waals surface area contributed by atoms with E-state index in [1.165, 1.54) is 27.1 Å². The first kappa shape index (κ1) is 29.6. The maximum atomic E-state index is 6.62. The Morgan fingerprint density at radius 1 is 0.340 bits per heavy atom. The molecule has 3 heteroatoms. The molecule has 0 aliphatic rings. The predicted molar refractivity (Wildman–Crippen MR) is 222 cm³/mol. The van der Waals surface area contributed by atoms with Crippen LogP contribution in [0.1, 0.15) is 0 Å². The summed E-state index contributed by atoms with van der Waals surface area (Å²) >= 11 is 0. The highest BCUT2D eigenvalue weighted by atomic mass is 16.3. The van der Waals surface area contributed by atoms with Gasteiger partial charge in [-0.25, -0.2) is 0 Å². The van der Waals surface area contributed by atoms with E-state index in [-0.39, 0.29) is 0 Å². The fourth-order valence-electron chi connectivity index (χ4n) is 8.31. The zero-order chi connectivity index (χ0) is 34.9. The maximum Gasteiger partial charge on any atom is 0.143 e. The van der Waals surface area contributed by atoms with E-state index in [0.29, 0.717) is 0 Å². The van der Waals surface area contributed by atoms with E-state index in [1.807, 2.05) is 24.3 Å². The van der Waals surface area contributed by atoms with Gasteiger partial charge in [0.15, 0.2) is 0 Å². The molecular weight excluding hydrogens is 647 g/mol. The van der Waals surface area contributed by atoms with Crippen LogP contribution in [0.5, 0.6) is 0 Å². The van der Waals surface area contributed by atoms with Crippen LogP contribution in [0, 0.1) is 0 Å². The molecule has 3 nitrogen and oxygen atoms in total. The van der Waals surface area contributed by atoms with Crippen molar-refractivity contribution in [2.45, 2.75) is 0 Å². The van der Waals surface area contributed by atoms with Gasteiger partial charge >= 0.3 is 0 Å². The van der Waals surface area contributed by atoms with Gasteiger partial charge in [0.1, 0.15) is 22.3 Å². The number of hydrogen-bond donors (Lipinski definition) is 0. The second-order valence-corrected chi connectivity index (χ2v) is 13.6. The summed E-state index contributed by atoms with van der Waals surface area (Å²) in [6.45, 7) is 0. The number of furan rings is 2. The van der Waals surface area contributed by atoms with Crippen LogP contribution in [0.15, 0.2) is 197 Å². The van der Waals surface area contributed by atoms with Gasteiger partial charge in [-0.15, -0.1) is 0 Å². The first-order valence-electron chi connectivity index (χ1n) is 18.0. The van der Waals surface area contributed by atoms with Crippen molar-refractivity contribution >= 4 is 82.5 Å². The summed E-state index contributed by atoms with van der Waals surface area (Å²) in [6.07, 6.45) is 0. The Morgan fingerprint density at radius 3 is 1.83 bits per heavy atom. The molecule has 0 aliphatic heterocycles. The molecule has 0 N–H and O–H groups in total. The summed E-state index contributed by atoms with van der Waals surface area (Å²) in [6, 6.07) is 66.8. The Kier molecular flexibility index (Phi) is 6.55. The first-order chi connectivity index (χ1) is 26.3. The minimum atomic E-state index is 0.849. The molecule has 0 aliphatic carbocycles. The molecule has 0 fully saturated rings. The Morgan fingerprint density at radius 2 is 0.943 bits per heavy atom. The lowest BCUT2D eigenvalue weighted by Crippen LogP contribution is -2.11. The maximum absolute atomic E-state index is 6.62. The second-order valence-electron chi connectivity index (χ2n) is 13.6. The third-order valence-corrected chi connectivity index (χ3v) is 10.6. The molecule has 11 aromatic rings. The molecule has 248 valence electrons. The Labute approximate surface area is 305 Å². The van der Waals surface area contributed by atoms with Crippen molar-refractivity contribution in [3.8, 4) is 22.3 Å². The van der Waals surface area contributed by atoms with Crippen molar-refractivity contribution < 1.29 is 8.83 Å². The quantitative estimate of drug-likeness (QED) is 0.170. The standard InChI is InChI=1S/C50H31NO2/c1-2-17-35-33(14-1)31-43(37-19-4-3-18-36(35)37)32-15-11-16-34(30-32)51(45-26-13-29-48-49(45)42-22-7-10-28-47(42)52-48)44-25-8-5-20-38(44)40-23-12-24-41-39-21-6-9-27-46(39)53-50(40)41/h1-31H. The molecule has 9 aromatic carbocycles. The van der Waals surface area contributed by atoms with Gasteiger partial charge in [-0.05, 0) is 81.2 Å². The third kappa shape index (κ3) is 4.61. The SMILES string of the molecule is c1cc(-c2cc3ccccc3c3ccccc23)cc(N(c2ccccc2-c2cccc3c2oc2ccccc23)c2cccc3oc4ccccc4c23)c1. The van der Waals surface area contributed by atoms with Gasteiger partial charge in [0, 0.05) is 33.0 Å². The lowest BCUT2D eigenvalue weighted by molar-refractivity contribution is 0.669. The molecule has 0 saturated heterocycles. The number of benzene rings is 9. The van der Waals surface area contributed by atoms with Crippen molar-refractivity contribution in [1.29, 1.82) is 0 Å². The van der Waals surface area contributed by atoms with Crippen molar-refractivity contribution in [2.75, 3.05) is 4.90 Å². The van der Waals surface area contributed by atoms with Gasteiger partial charge in [0.25, 0.3) is 0 Å². The lowest BCUT2D eigenvalue weighted by Gasteiger charge is -2.29. The van der Waals surface area contributed by atoms with Crippen LogP contribution in [0.4, 0.5) is 17.1 Å². The van der Waals surface area contributed by atoms with Gasteiger partial charge in [0.05, 0.1) is 16.8 Å². The molecule has 0 bridgehead atoms. The molecule has 0 spiro atoms. The molecular formula is C50H31NO2. The van der Waals surface area contributed by atoms with E-state index in [1.54, 1.807) is 0 Å². The van der Waals surface area contributed by atoms with Crippen molar-refractivity contribution in [1.82, 2.24) is 0 Å². The number of anilines is 3. The number of nitrogens with zero attached hydrogens (tertiary/aromatic N) is 1. The Hall–Kier alpha value is -7.10. The zero-order valence-electron chi connectivity index (χ0n) is 28.7. The van der Waals surface area contributed by atoms with E-state index in [0.717, 1.165) is 77.6 Å². The van der Waals surface area contributed by atoms with Crippen molar-refractivity contribution in [3.05, 3.63) is 188 Å². The van der Waals surface area contributed by atoms with Gasteiger partial charge in [-0.3, -0.25) is 0 Å². The number of para-hydroxylation sites is 4. The lowest BCUT2D eigenvalue weighted by atomic mass is 9.93. The minimum Gasteiger partial charge on any atom is -0.456 e. The average Bonchev–Trinajstić information content (AvgIpc) is 3.80. The third-order valence-electron chi connectivity index (χ3n) is 10.6. The van der Waals surface area contributed by atoms with Crippen LogP contribution in [0.3, 0.4) is 0 Å². The molecule has 0 atom stereocenters. The Balaban J connectivity index is 1.20. The van der Waals surface area contributed by atoms with Gasteiger partial charge in [0.2, 0.25) is 0 Å². The molecule has 0 radical (unpaired) electrons. The summed E-state index contributed by atoms with van der Waals surface area (Å²) in [7, 11) is 0. The van der Waals surface area contributed by atoms with Gasteiger partial charge < -0.3 is 13.7 Å². The highest BCUT2D eigenvalue weighted by Gasteiger charge is 2.24.